The molecule has 0 saturated heterocycles. The van der Waals surface area contributed by atoms with Crippen molar-refractivity contribution in [2.75, 3.05) is 0 Å². The third-order valence-electron chi connectivity index (χ3n) is 4.09. The van der Waals surface area contributed by atoms with Crippen LogP contribution in [0, 0.1) is 11.6 Å². The number of halogens is 4. The lowest BCUT2D eigenvalue weighted by Crippen LogP contribution is -2.01. The molecule has 2 aromatic carbocycles. The first kappa shape index (κ1) is 19.8. The minimum absolute atomic E-state index is 0.160. The molecule has 0 spiro atoms. The van der Waals surface area contributed by atoms with E-state index >= 15 is 0 Å². The van der Waals surface area contributed by atoms with E-state index in [0.717, 1.165) is 11.6 Å². The molecule has 0 aliphatic rings. The number of benzene rings is 2. The molecule has 4 aromatic rings. The van der Waals surface area contributed by atoms with Crippen molar-refractivity contribution in [2.24, 2.45) is 0 Å². The summed E-state index contributed by atoms with van der Waals surface area (Å²) >= 11 is 13.8. The molecule has 2 aromatic heterocycles. The summed E-state index contributed by atoms with van der Waals surface area (Å²) in [6.07, 6.45) is 3.30. The summed E-state index contributed by atoms with van der Waals surface area (Å²) in [7, 11) is 0. The molecule has 0 radical (unpaired) electrons. The van der Waals surface area contributed by atoms with Gasteiger partial charge in [0.25, 0.3) is 0 Å². The van der Waals surface area contributed by atoms with Crippen molar-refractivity contribution >= 4 is 35.0 Å². The fraction of sp³-hybridized carbons (Fsp3) is 0.0500. The molecule has 0 aliphatic heterocycles. The monoisotopic (exact) mass is 448 g/mol. The number of rotatable bonds is 5. The lowest BCUT2D eigenvalue weighted by atomic mass is 10.2. The Bertz CT molecular complexity index is 1170. The molecular formula is C20H12Cl2F2N4S. The minimum atomic E-state index is -0.890. The number of hydrogen-bond donors (Lipinski definition) is 0. The van der Waals surface area contributed by atoms with Crippen LogP contribution in [0.5, 0.6) is 0 Å². The number of thioether (sulfide) groups is 1. The molecule has 4 nitrogen and oxygen atoms in total. The second-order valence-electron chi connectivity index (χ2n) is 5.98. The van der Waals surface area contributed by atoms with E-state index in [0.29, 0.717) is 26.7 Å². The van der Waals surface area contributed by atoms with E-state index in [1.54, 1.807) is 41.2 Å². The van der Waals surface area contributed by atoms with Gasteiger partial charge < -0.3 is 0 Å². The quantitative estimate of drug-likeness (QED) is 0.340. The first-order chi connectivity index (χ1) is 14.0. The second kappa shape index (κ2) is 8.49. The molecule has 0 amide bonds. The number of pyridine rings is 1. The van der Waals surface area contributed by atoms with Gasteiger partial charge in [-0.15, -0.1) is 10.2 Å². The maximum Gasteiger partial charge on any atom is 0.196 e. The van der Waals surface area contributed by atoms with E-state index in [1.807, 2.05) is 6.07 Å². The van der Waals surface area contributed by atoms with E-state index in [-0.39, 0.29) is 11.3 Å². The summed E-state index contributed by atoms with van der Waals surface area (Å²) in [5.41, 5.74) is 1.52. The Morgan fingerprint density at radius 3 is 2.66 bits per heavy atom. The lowest BCUT2D eigenvalue weighted by molar-refractivity contribution is 0.502. The van der Waals surface area contributed by atoms with Crippen molar-refractivity contribution in [1.29, 1.82) is 0 Å². The zero-order valence-electron chi connectivity index (χ0n) is 14.7. The minimum Gasteiger partial charge on any atom is -0.268 e. The topological polar surface area (TPSA) is 43.6 Å². The van der Waals surface area contributed by atoms with Gasteiger partial charge in [0.15, 0.2) is 22.6 Å². The van der Waals surface area contributed by atoms with Crippen molar-refractivity contribution in [3.63, 3.8) is 0 Å². The first-order valence-electron chi connectivity index (χ1n) is 8.41. The van der Waals surface area contributed by atoms with Crippen molar-refractivity contribution in [3.05, 3.63) is 88.2 Å². The van der Waals surface area contributed by atoms with Crippen LogP contribution < -0.4 is 0 Å². The van der Waals surface area contributed by atoms with Gasteiger partial charge in [0.05, 0.1) is 10.7 Å². The van der Waals surface area contributed by atoms with Crippen LogP contribution >= 0.6 is 35.0 Å². The van der Waals surface area contributed by atoms with E-state index in [1.165, 1.54) is 23.9 Å². The van der Waals surface area contributed by atoms with Crippen LogP contribution in [0.25, 0.3) is 17.1 Å². The van der Waals surface area contributed by atoms with E-state index in [4.69, 9.17) is 23.2 Å². The largest absolute Gasteiger partial charge is 0.268 e. The first-order valence-corrected chi connectivity index (χ1v) is 10.2. The Labute approximate surface area is 179 Å². The van der Waals surface area contributed by atoms with Crippen LogP contribution in [0.15, 0.2) is 66.1 Å². The lowest BCUT2D eigenvalue weighted by Gasteiger charge is -2.12. The van der Waals surface area contributed by atoms with E-state index < -0.39 is 11.6 Å². The van der Waals surface area contributed by atoms with Crippen molar-refractivity contribution < 1.29 is 8.78 Å². The van der Waals surface area contributed by atoms with Gasteiger partial charge in [-0.2, -0.15) is 0 Å². The average molecular weight is 449 g/mol. The zero-order valence-corrected chi connectivity index (χ0v) is 17.0. The molecule has 0 aliphatic carbocycles. The van der Waals surface area contributed by atoms with Gasteiger partial charge in [0, 0.05) is 34.3 Å². The Morgan fingerprint density at radius 1 is 1.00 bits per heavy atom. The van der Waals surface area contributed by atoms with Gasteiger partial charge in [0.1, 0.15) is 0 Å². The maximum atomic E-state index is 14.0. The van der Waals surface area contributed by atoms with E-state index in [9.17, 15) is 8.78 Å². The zero-order chi connectivity index (χ0) is 20.4. The summed E-state index contributed by atoms with van der Waals surface area (Å²) < 4.78 is 29.3. The molecule has 0 bridgehead atoms. The third-order valence-corrected chi connectivity index (χ3v) is 5.62. The normalized spacial score (nSPS) is 11.0. The number of nitrogens with zero attached hydrogens (tertiary/aromatic N) is 4. The van der Waals surface area contributed by atoms with Crippen molar-refractivity contribution in [2.45, 2.75) is 10.9 Å². The standard InChI is InChI=1S/C20H12Cl2F2N4S/c21-14-6-7-15(22)17(9-14)28-19(12-4-2-8-25-10-12)26-27-20(28)29-11-13-3-1-5-16(23)18(13)24/h1-10H,11H2. The van der Waals surface area contributed by atoms with Crippen LogP contribution in [0.1, 0.15) is 5.56 Å². The van der Waals surface area contributed by atoms with Crippen LogP contribution in [0.4, 0.5) is 8.78 Å². The van der Waals surface area contributed by atoms with Gasteiger partial charge >= 0.3 is 0 Å². The Morgan fingerprint density at radius 2 is 1.86 bits per heavy atom. The van der Waals surface area contributed by atoms with E-state index in [2.05, 4.69) is 15.2 Å². The highest BCUT2D eigenvalue weighted by molar-refractivity contribution is 7.98. The highest BCUT2D eigenvalue weighted by Gasteiger charge is 2.19. The van der Waals surface area contributed by atoms with Crippen molar-refractivity contribution in [3.8, 4) is 17.1 Å². The van der Waals surface area contributed by atoms with Gasteiger partial charge in [-0.3, -0.25) is 9.55 Å². The summed E-state index contributed by atoms with van der Waals surface area (Å²) in [5, 5.41) is 9.89. The Hall–Kier alpha value is -2.48. The van der Waals surface area contributed by atoms with Crippen LogP contribution in [0.2, 0.25) is 10.0 Å². The molecule has 0 unspecified atom stereocenters. The summed E-state index contributed by atoms with van der Waals surface area (Å²) in [6.45, 7) is 0. The second-order valence-corrected chi connectivity index (χ2v) is 7.77. The smallest absolute Gasteiger partial charge is 0.196 e. The van der Waals surface area contributed by atoms with Gasteiger partial charge in [-0.25, -0.2) is 8.78 Å². The molecule has 29 heavy (non-hydrogen) atoms. The molecule has 146 valence electrons. The highest BCUT2D eigenvalue weighted by atomic mass is 35.5. The predicted octanol–water partition coefficient (Wildman–Crippen LogP) is 6.21. The molecule has 9 heteroatoms. The molecule has 4 rings (SSSR count). The number of aromatic nitrogens is 4. The molecule has 0 N–H and O–H groups in total. The van der Waals surface area contributed by atoms with Gasteiger partial charge in [-0.05, 0) is 36.4 Å². The SMILES string of the molecule is Fc1cccc(CSc2nnc(-c3cccnc3)n2-c2cc(Cl)ccc2Cl)c1F. The average Bonchev–Trinajstić information content (AvgIpc) is 3.15. The molecule has 2 heterocycles. The fourth-order valence-electron chi connectivity index (χ4n) is 2.72. The summed E-state index contributed by atoms with van der Waals surface area (Å²) in [5.74, 6) is -1.10. The Balaban J connectivity index is 1.79. The van der Waals surface area contributed by atoms with Crippen LogP contribution in [0.3, 0.4) is 0 Å². The van der Waals surface area contributed by atoms with Crippen molar-refractivity contribution in [1.82, 2.24) is 19.7 Å². The fourth-order valence-corrected chi connectivity index (χ4v) is 4.01. The Kier molecular flexibility index (Phi) is 5.80. The van der Waals surface area contributed by atoms with Gasteiger partial charge in [-0.1, -0.05) is 47.1 Å². The predicted molar refractivity (Wildman–Crippen MR) is 111 cm³/mol. The molecule has 0 fully saturated rings. The third kappa shape index (κ3) is 4.12. The molecular weight excluding hydrogens is 437 g/mol. The van der Waals surface area contributed by atoms with Crippen LogP contribution in [-0.2, 0) is 5.75 Å². The molecule has 0 saturated carbocycles. The van der Waals surface area contributed by atoms with Crippen LogP contribution in [-0.4, -0.2) is 19.7 Å². The highest BCUT2D eigenvalue weighted by Crippen LogP contribution is 2.34. The summed E-state index contributed by atoms with van der Waals surface area (Å²) in [6, 6.07) is 12.7. The van der Waals surface area contributed by atoms with Gasteiger partial charge in [0.2, 0.25) is 0 Å². The molecule has 0 atom stereocenters. The summed E-state index contributed by atoms with van der Waals surface area (Å²) in [4.78, 5) is 4.12. The maximum absolute atomic E-state index is 14.0. The number of hydrogen-bond acceptors (Lipinski definition) is 4.